The SMILES string of the molecule is C=N/C(=C\N(C)C(=O)N(C)C1CCCC1)c1ccc(Cl)cc1. The molecule has 2 amide bonds. The summed E-state index contributed by atoms with van der Waals surface area (Å²) in [4.78, 5) is 19.9. The predicted molar refractivity (Wildman–Crippen MR) is 92.2 cm³/mol. The average molecular weight is 320 g/mol. The maximum Gasteiger partial charge on any atom is 0.323 e. The van der Waals surface area contributed by atoms with E-state index in [-0.39, 0.29) is 6.03 Å². The van der Waals surface area contributed by atoms with E-state index in [2.05, 4.69) is 11.7 Å². The molecule has 0 aromatic heterocycles. The monoisotopic (exact) mass is 319 g/mol. The molecule has 1 aliphatic rings. The Morgan fingerprint density at radius 2 is 1.86 bits per heavy atom. The van der Waals surface area contributed by atoms with Crippen molar-refractivity contribution in [3.05, 3.63) is 41.1 Å². The molecule has 2 rings (SSSR count). The molecule has 1 saturated carbocycles. The molecular weight excluding hydrogens is 298 g/mol. The standard InChI is InChI=1S/C17H22ClN3O/c1-19-16(13-8-10-14(18)11-9-13)12-20(2)17(22)21(3)15-6-4-5-7-15/h8-12,15H,1,4-7H2,2-3H3/b16-12-. The Hall–Kier alpha value is -1.81. The van der Waals surface area contributed by atoms with Gasteiger partial charge in [-0.1, -0.05) is 36.6 Å². The lowest BCUT2D eigenvalue weighted by atomic mass is 10.2. The van der Waals surface area contributed by atoms with Crippen LogP contribution >= 0.6 is 11.6 Å². The van der Waals surface area contributed by atoms with E-state index < -0.39 is 0 Å². The lowest BCUT2D eigenvalue weighted by Crippen LogP contribution is -2.41. The summed E-state index contributed by atoms with van der Waals surface area (Å²) in [5, 5.41) is 0.664. The molecule has 1 fully saturated rings. The Morgan fingerprint density at radius 1 is 1.27 bits per heavy atom. The number of carbonyl (C=O) groups is 1. The molecule has 1 aromatic rings. The lowest BCUT2D eigenvalue weighted by molar-refractivity contribution is 0.169. The zero-order valence-corrected chi connectivity index (χ0v) is 13.9. The van der Waals surface area contributed by atoms with Gasteiger partial charge in [0.15, 0.2) is 0 Å². The van der Waals surface area contributed by atoms with Crippen molar-refractivity contribution in [2.24, 2.45) is 4.99 Å². The Morgan fingerprint density at radius 3 is 2.41 bits per heavy atom. The van der Waals surface area contributed by atoms with Crippen molar-refractivity contribution < 1.29 is 4.79 Å². The summed E-state index contributed by atoms with van der Waals surface area (Å²) in [5.41, 5.74) is 1.52. The summed E-state index contributed by atoms with van der Waals surface area (Å²) in [7, 11) is 3.61. The third kappa shape index (κ3) is 3.89. The lowest BCUT2D eigenvalue weighted by Gasteiger charge is -2.28. The van der Waals surface area contributed by atoms with Gasteiger partial charge in [-0.15, -0.1) is 0 Å². The maximum absolute atomic E-state index is 12.5. The van der Waals surface area contributed by atoms with Crippen LogP contribution in [0.15, 0.2) is 35.5 Å². The van der Waals surface area contributed by atoms with Gasteiger partial charge in [0.1, 0.15) is 0 Å². The van der Waals surface area contributed by atoms with E-state index in [9.17, 15) is 4.79 Å². The van der Waals surface area contributed by atoms with Crippen molar-refractivity contribution in [3.8, 4) is 0 Å². The quantitative estimate of drug-likeness (QED) is 0.764. The first-order chi connectivity index (χ1) is 10.5. The number of halogens is 1. The van der Waals surface area contributed by atoms with Crippen molar-refractivity contribution in [1.82, 2.24) is 9.80 Å². The summed E-state index contributed by atoms with van der Waals surface area (Å²) in [5.74, 6) is 0. The van der Waals surface area contributed by atoms with Crippen LogP contribution in [-0.2, 0) is 0 Å². The molecule has 0 radical (unpaired) electrons. The maximum atomic E-state index is 12.5. The summed E-state index contributed by atoms with van der Waals surface area (Å²) in [6.45, 7) is 3.59. The second kappa shape index (κ2) is 7.45. The smallest absolute Gasteiger partial charge is 0.323 e. The number of hydrogen-bond donors (Lipinski definition) is 0. The first-order valence-electron chi connectivity index (χ1n) is 7.47. The number of carbonyl (C=O) groups excluding carboxylic acids is 1. The fourth-order valence-electron chi connectivity index (χ4n) is 2.76. The average Bonchev–Trinajstić information content (AvgIpc) is 3.06. The summed E-state index contributed by atoms with van der Waals surface area (Å²) in [6, 6.07) is 7.63. The van der Waals surface area contributed by atoms with Gasteiger partial charge < -0.3 is 9.80 Å². The fraction of sp³-hybridized carbons (Fsp3) is 0.412. The molecule has 0 heterocycles. The summed E-state index contributed by atoms with van der Waals surface area (Å²) < 4.78 is 0. The van der Waals surface area contributed by atoms with E-state index in [1.807, 2.05) is 24.1 Å². The summed E-state index contributed by atoms with van der Waals surface area (Å²) in [6.07, 6.45) is 6.29. The molecular formula is C17H22ClN3O. The molecule has 1 aromatic carbocycles. The van der Waals surface area contributed by atoms with Crippen LogP contribution in [-0.4, -0.2) is 42.7 Å². The fourth-order valence-corrected chi connectivity index (χ4v) is 2.89. The molecule has 22 heavy (non-hydrogen) atoms. The van der Waals surface area contributed by atoms with Crippen molar-refractivity contribution >= 4 is 30.0 Å². The van der Waals surface area contributed by atoms with Crippen LogP contribution in [0.1, 0.15) is 31.2 Å². The number of nitrogens with zero attached hydrogens (tertiary/aromatic N) is 3. The molecule has 1 aliphatic carbocycles. The van der Waals surface area contributed by atoms with Gasteiger partial charge in [-0.05, 0) is 31.7 Å². The predicted octanol–water partition coefficient (Wildman–Crippen LogP) is 4.27. The van der Waals surface area contributed by atoms with E-state index in [0.29, 0.717) is 16.8 Å². The minimum Gasteiger partial charge on any atom is -0.324 e. The van der Waals surface area contributed by atoms with E-state index in [1.165, 1.54) is 12.8 Å². The van der Waals surface area contributed by atoms with Gasteiger partial charge in [-0.2, -0.15) is 0 Å². The third-order valence-electron chi connectivity index (χ3n) is 4.10. The number of rotatable bonds is 4. The van der Waals surface area contributed by atoms with Crippen LogP contribution < -0.4 is 0 Å². The molecule has 4 nitrogen and oxygen atoms in total. The molecule has 118 valence electrons. The van der Waals surface area contributed by atoms with Gasteiger partial charge >= 0.3 is 6.03 Å². The highest BCUT2D eigenvalue weighted by molar-refractivity contribution is 6.30. The van der Waals surface area contributed by atoms with E-state index in [0.717, 1.165) is 18.4 Å². The number of amides is 2. The molecule has 0 spiro atoms. The first-order valence-corrected chi connectivity index (χ1v) is 7.85. The molecule has 0 saturated heterocycles. The largest absolute Gasteiger partial charge is 0.324 e. The number of urea groups is 1. The molecule has 0 atom stereocenters. The van der Waals surface area contributed by atoms with E-state index in [4.69, 9.17) is 11.6 Å². The second-order valence-electron chi connectivity index (χ2n) is 5.62. The Bertz CT molecular complexity index is 562. The molecule has 0 unspecified atom stereocenters. The van der Waals surface area contributed by atoms with Crippen molar-refractivity contribution in [2.45, 2.75) is 31.7 Å². The second-order valence-corrected chi connectivity index (χ2v) is 6.06. The highest BCUT2D eigenvalue weighted by Gasteiger charge is 2.25. The number of aliphatic imine (C=N–C) groups is 1. The Labute approximate surface area is 137 Å². The number of hydrogen-bond acceptors (Lipinski definition) is 2. The Kier molecular flexibility index (Phi) is 5.61. The molecule has 0 bridgehead atoms. The zero-order valence-electron chi connectivity index (χ0n) is 13.1. The molecule has 0 N–H and O–H groups in total. The van der Waals surface area contributed by atoms with Gasteiger partial charge in [0.05, 0.1) is 5.70 Å². The first kappa shape index (κ1) is 16.6. The van der Waals surface area contributed by atoms with E-state index >= 15 is 0 Å². The van der Waals surface area contributed by atoms with Crippen molar-refractivity contribution in [2.75, 3.05) is 14.1 Å². The minimum atomic E-state index is -0.0259. The zero-order chi connectivity index (χ0) is 16.1. The van der Waals surface area contributed by atoms with E-state index in [1.54, 1.807) is 30.3 Å². The van der Waals surface area contributed by atoms with Gasteiger partial charge in [0.2, 0.25) is 0 Å². The summed E-state index contributed by atoms with van der Waals surface area (Å²) >= 11 is 5.89. The van der Waals surface area contributed by atoms with Gasteiger partial charge in [-0.25, -0.2) is 4.79 Å². The molecule has 5 heteroatoms. The number of benzene rings is 1. The van der Waals surface area contributed by atoms with Crippen LogP contribution in [0.5, 0.6) is 0 Å². The van der Waals surface area contributed by atoms with Crippen LogP contribution in [0.3, 0.4) is 0 Å². The Balaban J connectivity index is 2.12. The van der Waals surface area contributed by atoms with Crippen LogP contribution in [0.2, 0.25) is 5.02 Å². The van der Waals surface area contributed by atoms with Crippen LogP contribution in [0.25, 0.3) is 5.70 Å². The highest BCUT2D eigenvalue weighted by Crippen LogP contribution is 2.24. The van der Waals surface area contributed by atoms with Crippen molar-refractivity contribution in [1.29, 1.82) is 0 Å². The molecule has 0 aliphatic heterocycles. The van der Waals surface area contributed by atoms with Crippen molar-refractivity contribution in [3.63, 3.8) is 0 Å². The van der Waals surface area contributed by atoms with Crippen LogP contribution in [0.4, 0.5) is 4.79 Å². The minimum absolute atomic E-state index is 0.0259. The van der Waals surface area contributed by atoms with Crippen LogP contribution in [0, 0.1) is 0 Å². The topological polar surface area (TPSA) is 35.9 Å². The van der Waals surface area contributed by atoms with Gasteiger partial charge in [-0.3, -0.25) is 4.99 Å². The third-order valence-corrected chi connectivity index (χ3v) is 4.35. The highest BCUT2D eigenvalue weighted by atomic mass is 35.5. The normalized spacial score (nSPS) is 15.7. The van der Waals surface area contributed by atoms with Gasteiger partial charge in [0.25, 0.3) is 0 Å². The van der Waals surface area contributed by atoms with Gasteiger partial charge in [0, 0.05) is 36.9 Å².